The van der Waals surface area contributed by atoms with Crippen LogP contribution in [0.5, 0.6) is 33.8 Å². The van der Waals surface area contributed by atoms with Crippen LogP contribution in [-0.4, -0.2) is 74.4 Å². The smallest absolute Gasteiger partial charge is 0.294 e. The summed E-state index contributed by atoms with van der Waals surface area (Å²) in [4.78, 5) is 15.8. The van der Waals surface area contributed by atoms with Crippen molar-refractivity contribution in [3.05, 3.63) is 41.1 Å². The number of hydrogen-bond acceptors (Lipinski definition) is 15. The number of anilines is 2. The summed E-state index contributed by atoms with van der Waals surface area (Å²) in [5.74, 6) is -12.0. The van der Waals surface area contributed by atoms with Gasteiger partial charge in [0.1, 0.15) is 0 Å². The van der Waals surface area contributed by atoms with Crippen molar-refractivity contribution in [1.82, 2.24) is 10.3 Å². The molecule has 3 aromatic rings. The zero-order valence-corrected chi connectivity index (χ0v) is 19.6. The van der Waals surface area contributed by atoms with Gasteiger partial charge in [0.25, 0.3) is 11.7 Å². The van der Waals surface area contributed by atoms with Gasteiger partial charge in [-0.15, -0.1) is 0 Å². The fraction of sp³-hybridized carbons (Fsp3) is 0.238. The Morgan fingerprint density at radius 2 is 1.43 bits per heavy atom. The van der Waals surface area contributed by atoms with Crippen molar-refractivity contribution >= 4 is 28.1 Å². The molecule has 37 heavy (non-hydrogen) atoms. The normalized spacial score (nSPS) is 12.0. The molecule has 15 nitrogen and oxygen atoms in total. The van der Waals surface area contributed by atoms with Gasteiger partial charge < -0.3 is 62.1 Å². The molecule has 0 bridgehead atoms. The molecule has 1 amide bonds. The molecule has 0 atom stereocenters. The topological polar surface area (TPSA) is 282 Å². The molecular weight excluding hydrogens is 516 g/mol. The number of carbonyl (C=O) groups is 1. The molecule has 0 aliphatic carbocycles. The zero-order chi connectivity index (χ0) is 27.7. The molecule has 1 heterocycles. The number of nitrogens with zero attached hydrogens (tertiary/aromatic N) is 1. The van der Waals surface area contributed by atoms with Gasteiger partial charge in [-0.2, -0.15) is 0 Å². The molecule has 0 aliphatic rings. The number of nitrogens with one attached hydrogen (secondary N) is 2. The lowest BCUT2D eigenvalue weighted by Crippen LogP contribution is -2.47. The second-order valence-electron chi connectivity index (χ2n) is 7.92. The fourth-order valence-corrected chi connectivity index (χ4v) is 3.91. The van der Waals surface area contributed by atoms with E-state index in [1.807, 2.05) is 0 Å². The largest absolute Gasteiger partial charge is 0.504 e. The third kappa shape index (κ3) is 5.85. The number of hydrogen-bond donors (Lipinski definition) is 13. The van der Waals surface area contributed by atoms with Crippen LogP contribution in [0.3, 0.4) is 0 Å². The molecule has 0 saturated heterocycles. The SMILES string of the molecule is Nc1nc(C(O)(O)C(=O)Nc2ccc(CC(O)(O)NCCc3c(O)c(O)c(O)c(O)c3O)cc2)c(O)s1. The van der Waals surface area contributed by atoms with Gasteiger partial charge in [0, 0.05) is 24.2 Å². The van der Waals surface area contributed by atoms with Crippen LogP contribution < -0.4 is 16.4 Å². The first-order valence-corrected chi connectivity index (χ1v) is 11.1. The highest BCUT2D eigenvalue weighted by molar-refractivity contribution is 7.17. The molecule has 0 unspecified atom stereocenters. The molecule has 14 N–H and O–H groups in total. The first-order valence-electron chi connectivity index (χ1n) is 10.3. The van der Waals surface area contributed by atoms with Crippen LogP contribution in [-0.2, 0) is 23.4 Å². The van der Waals surface area contributed by atoms with Crippen molar-refractivity contribution in [3.8, 4) is 33.8 Å². The summed E-state index contributed by atoms with van der Waals surface area (Å²) in [7, 11) is 0. The number of nitrogen functional groups attached to an aromatic ring is 1. The van der Waals surface area contributed by atoms with Gasteiger partial charge >= 0.3 is 0 Å². The molecule has 3 rings (SSSR count). The van der Waals surface area contributed by atoms with Crippen LogP contribution in [0, 0.1) is 0 Å². The predicted octanol–water partition coefficient (Wildman–Crippen LogP) is -1.25. The number of benzene rings is 2. The van der Waals surface area contributed by atoms with Crippen molar-refractivity contribution in [2.75, 3.05) is 17.6 Å². The van der Waals surface area contributed by atoms with Gasteiger partial charge in [0.2, 0.25) is 28.2 Å². The number of aromatic hydroxyl groups is 6. The van der Waals surface area contributed by atoms with Gasteiger partial charge in [-0.25, -0.2) is 4.98 Å². The van der Waals surface area contributed by atoms with E-state index in [2.05, 4.69) is 15.6 Å². The number of rotatable bonds is 9. The number of phenolic OH excluding ortho intramolecular Hbond substituents is 5. The fourth-order valence-electron chi connectivity index (χ4n) is 3.29. The first kappa shape index (κ1) is 27.5. The highest BCUT2D eigenvalue weighted by Gasteiger charge is 2.41. The monoisotopic (exact) mass is 540 g/mol. The molecular formula is C21H24N4O11S. The number of amides is 1. The quantitative estimate of drug-likeness (QED) is 0.0857. The zero-order valence-electron chi connectivity index (χ0n) is 18.7. The Balaban J connectivity index is 1.60. The van der Waals surface area contributed by atoms with E-state index >= 15 is 0 Å². The van der Waals surface area contributed by atoms with Crippen LogP contribution in [0.15, 0.2) is 24.3 Å². The summed E-state index contributed by atoms with van der Waals surface area (Å²) in [6, 6.07) is 5.43. The minimum atomic E-state index is -3.18. The molecule has 0 aliphatic heterocycles. The second-order valence-corrected chi connectivity index (χ2v) is 8.93. The summed E-state index contributed by atoms with van der Waals surface area (Å²) in [5, 5.41) is 102. The Hall–Kier alpha value is -4.06. The van der Waals surface area contributed by atoms with E-state index in [0.29, 0.717) is 16.9 Å². The number of nitrogens with two attached hydrogens (primary N) is 1. The van der Waals surface area contributed by atoms with Gasteiger partial charge in [0.15, 0.2) is 22.3 Å². The maximum atomic E-state index is 12.3. The summed E-state index contributed by atoms with van der Waals surface area (Å²) >= 11 is 0.546. The van der Waals surface area contributed by atoms with E-state index in [1.165, 1.54) is 24.3 Å². The lowest BCUT2D eigenvalue weighted by Gasteiger charge is -2.24. The van der Waals surface area contributed by atoms with Crippen LogP contribution in [0.1, 0.15) is 16.8 Å². The van der Waals surface area contributed by atoms with Crippen LogP contribution in [0.2, 0.25) is 0 Å². The summed E-state index contributed by atoms with van der Waals surface area (Å²) in [6.45, 7) is -0.269. The van der Waals surface area contributed by atoms with E-state index in [-0.39, 0.29) is 35.8 Å². The van der Waals surface area contributed by atoms with Gasteiger partial charge in [-0.05, 0) is 24.1 Å². The lowest BCUT2D eigenvalue weighted by atomic mass is 10.1. The molecule has 0 fully saturated rings. The van der Waals surface area contributed by atoms with E-state index < -0.39 is 57.1 Å². The molecule has 200 valence electrons. The van der Waals surface area contributed by atoms with Crippen molar-refractivity contribution in [3.63, 3.8) is 0 Å². The Kier molecular flexibility index (Phi) is 7.54. The highest BCUT2D eigenvalue weighted by atomic mass is 32.1. The Morgan fingerprint density at radius 3 is 1.95 bits per heavy atom. The average Bonchev–Trinajstić information content (AvgIpc) is 3.18. The number of carbonyl (C=O) groups excluding carboxylic acids is 1. The van der Waals surface area contributed by atoms with Crippen LogP contribution >= 0.6 is 11.3 Å². The Morgan fingerprint density at radius 1 is 0.892 bits per heavy atom. The summed E-state index contributed by atoms with van der Waals surface area (Å²) in [6.07, 6.45) is -0.682. The van der Waals surface area contributed by atoms with E-state index in [1.54, 1.807) is 0 Å². The third-order valence-corrected chi connectivity index (χ3v) is 5.87. The Labute approximate surface area is 211 Å². The molecule has 1 aromatic heterocycles. The van der Waals surface area contributed by atoms with Crippen molar-refractivity contribution in [1.29, 1.82) is 0 Å². The Bertz CT molecular complexity index is 1280. The molecule has 0 spiro atoms. The predicted molar refractivity (Wildman–Crippen MR) is 127 cm³/mol. The minimum Gasteiger partial charge on any atom is -0.504 e. The van der Waals surface area contributed by atoms with Crippen molar-refractivity contribution < 1.29 is 55.9 Å². The van der Waals surface area contributed by atoms with Crippen LogP contribution in [0.4, 0.5) is 10.8 Å². The van der Waals surface area contributed by atoms with Gasteiger partial charge in [-0.1, -0.05) is 23.5 Å². The maximum absolute atomic E-state index is 12.3. The van der Waals surface area contributed by atoms with Crippen LogP contribution in [0.25, 0.3) is 0 Å². The van der Waals surface area contributed by atoms with E-state index in [9.17, 15) is 55.9 Å². The number of thiazole rings is 1. The minimum absolute atomic E-state index is 0.0938. The first-order chi connectivity index (χ1) is 17.1. The molecule has 2 aromatic carbocycles. The van der Waals surface area contributed by atoms with Gasteiger partial charge in [-0.3, -0.25) is 10.1 Å². The number of phenols is 5. The highest BCUT2D eigenvalue weighted by Crippen LogP contribution is 2.50. The van der Waals surface area contributed by atoms with E-state index in [0.717, 1.165) is 0 Å². The number of aromatic nitrogens is 1. The molecule has 0 saturated carbocycles. The molecule has 0 radical (unpaired) electrons. The summed E-state index contributed by atoms with van der Waals surface area (Å²) in [5.41, 5.74) is 4.74. The standard InChI is InChI=1S/C21H24N4O11S/c22-19-25-16(17(31)37-19)21(35,36)18(32)24-9-3-1-8(2-4-9)7-20(33,34)23-6-5-10-11(26)13(28)15(30)14(29)12(10)27/h1-4,23,26-31,33-36H,5-7H2,(H2,22,25)(H,24,32). The van der Waals surface area contributed by atoms with Gasteiger partial charge in [0.05, 0.1) is 0 Å². The lowest BCUT2D eigenvalue weighted by molar-refractivity contribution is -0.185. The van der Waals surface area contributed by atoms with Crippen molar-refractivity contribution in [2.45, 2.75) is 24.5 Å². The third-order valence-electron chi connectivity index (χ3n) is 5.19. The average molecular weight is 541 g/mol. The van der Waals surface area contributed by atoms with Crippen molar-refractivity contribution in [2.24, 2.45) is 0 Å². The van der Waals surface area contributed by atoms with E-state index in [4.69, 9.17) is 5.73 Å². The number of aliphatic hydroxyl groups is 4. The maximum Gasteiger partial charge on any atom is 0.294 e. The molecule has 16 heteroatoms. The second kappa shape index (κ2) is 10.1. The summed E-state index contributed by atoms with van der Waals surface area (Å²) < 4.78 is 0.